The molecule has 0 aliphatic carbocycles. The molecule has 0 atom stereocenters. The zero-order chi connectivity index (χ0) is 16.5. The zero-order valence-corrected chi connectivity index (χ0v) is 15.4. The predicted molar refractivity (Wildman–Crippen MR) is 108 cm³/mol. The van der Waals surface area contributed by atoms with Crippen molar-refractivity contribution in [3.63, 3.8) is 0 Å². The van der Waals surface area contributed by atoms with Crippen LogP contribution in [0.2, 0.25) is 0 Å². The lowest BCUT2D eigenvalue weighted by Gasteiger charge is -2.05. The summed E-state index contributed by atoms with van der Waals surface area (Å²) in [6.45, 7) is 4.30. The van der Waals surface area contributed by atoms with Crippen molar-refractivity contribution < 1.29 is 0 Å². The van der Waals surface area contributed by atoms with E-state index in [0.29, 0.717) is 0 Å². The zero-order valence-electron chi connectivity index (χ0n) is 13.7. The molecule has 2 heteroatoms. The van der Waals surface area contributed by atoms with Crippen LogP contribution in [0, 0.1) is 13.8 Å². The van der Waals surface area contributed by atoms with E-state index in [1.54, 1.807) is 0 Å². The molecule has 2 heterocycles. The third-order valence-electron chi connectivity index (χ3n) is 4.15. The molecule has 118 valence electrons. The number of rotatable bonds is 3. The van der Waals surface area contributed by atoms with E-state index in [2.05, 4.69) is 86.6 Å². The SMILES string of the molecule is Cc1ccc(-c2ccc(-c3ccc(-c4ccc(C)s4)cc3)cc2)s1. The van der Waals surface area contributed by atoms with Gasteiger partial charge in [-0.1, -0.05) is 48.5 Å². The van der Waals surface area contributed by atoms with Gasteiger partial charge in [0, 0.05) is 19.5 Å². The van der Waals surface area contributed by atoms with Gasteiger partial charge in [0.15, 0.2) is 0 Å². The lowest BCUT2D eigenvalue weighted by molar-refractivity contribution is 1.61. The van der Waals surface area contributed by atoms with Gasteiger partial charge in [-0.15, -0.1) is 22.7 Å². The van der Waals surface area contributed by atoms with Crippen LogP contribution in [0.15, 0.2) is 72.8 Å². The van der Waals surface area contributed by atoms with Crippen molar-refractivity contribution in [3.05, 3.63) is 82.6 Å². The molecule has 0 N–H and O–H groups in total. The molecule has 0 saturated heterocycles. The summed E-state index contributed by atoms with van der Waals surface area (Å²) < 4.78 is 0. The first-order valence-corrected chi connectivity index (χ1v) is 9.66. The Balaban J connectivity index is 1.59. The Morgan fingerprint density at radius 2 is 0.750 bits per heavy atom. The molecule has 0 radical (unpaired) electrons. The lowest BCUT2D eigenvalue weighted by atomic mass is 10.0. The Hall–Kier alpha value is -2.16. The molecule has 0 spiro atoms. The minimum absolute atomic E-state index is 1.26. The molecular weight excluding hydrogens is 328 g/mol. The third-order valence-corrected chi connectivity index (χ3v) is 6.25. The molecule has 0 nitrogen and oxygen atoms in total. The second-order valence-corrected chi connectivity index (χ2v) is 8.55. The predicted octanol–water partition coefficient (Wildman–Crippen LogP) is 7.43. The van der Waals surface area contributed by atoms with E-state index in [4.69, 9.17) is 0 Å². The molecule has 4 rings (SSSR count). The van der Waals surface area contributed by atoms with E-state index in [1.165, 1.54) is 41.8 Å². The van der Waals surface area contributed by atoms with Crippen LogP contribution in [0.3, 0.4) is 0 Å². The maximum absolute atomic E-state index is 2.22. The van der Waals surface area contributed by atoms with Gasteiger partial charge in [0.1, 0.15) is 0 Å². The lowest BCUT2D eigenvalue weighted by Crippen LogP contribution is -1.79. The molecule has 24 heavy (non-hydrogen) atoms. The monoisotopic (exact) mass is 346 g/mol. The van der Waals surface area contributed by atoms with Crippen LogP contribution in [0.4, 0.5) is 0 Å². The van der Waals surface area contributed by atoms with Crippen LogP contribution in [-0.2, 0) is 0 Å². The van der Waals surface area contributed by atoms with E-state index in [1.807, 2.05) is 22.7 Å². The first kappa shape index (κ1) is 15.4. The topological polar surface area (TPSA) is 0 Å². The highest BCUT2D eigenvalue weighted by Gasteiger charge is 2.04. The minimum Gasteiger partial charge on any atom is -0.141 e. The second-order valence-electron chi connectivity index (χ2n) is 5.98. The van der Waals surface area contributed by atoms with Gasteiger partial charge in [0.05, 0.1) is 0 Å². The second kappa shape index (κ2) is 6.39. The maximum atomic E-state index is 2.22. The molecule has 0 aliphatic rings. The Kier molecular flexibility index (Phi) is 4.09. The van der Waals surface area contributed by atoms with Crippen LogP contribution < -0.4 is 0 Å². The smallest absolute Gasteiger partial charge is 0.0345 e. The molecule has 4 aromatic rings. The molecule has 0 fully saturated rings. The fourth-order valence-corrected chi connectivity index (χ4v) is 4.58. The largest absolute Gasteiger partial charge is 0.141 e. The normalized spacial score (nSPS) is 10.9. The number of hydrogen-bond donors (Lipinski definition) is 0. The van der Waals surface area contributed by atoms with Crippen LogP contribution in [0.25, 0.3) is 32.0 Å². The van der Waals surface area contributed by atoms with E-state index >= 15 is 0 Å². The first-order chi connectivity index (χ1) is 11.7. The number of hydrogen-bond acceptors (Lipinski definition) is 2. The molecule has 0 saturated carbocycles. The van der Waals surface area contributed by atoms with E-state index in [-0.39, 0.29) is 0 Å². The van der Waals surface area contributed by atoms with Crippen LogP contribution in [-0.4, -0.2) is 0 Å². The van der Waals surface area contributed by atoms with Crippen molar-refractivity contribution in [3.8, 4) is 32.0 Å². The van der Waals surface area contributed by atoms with Crippen LogP contribution in [0.5, 0.6) is 0 Å². The van der Waals surface area contributed by atoms with Gasteiger partial charge in [-0.05, 0) is 60.4 Å². The average Bonchev–Trinajstić information content (AvgIpc) is 3.24. The standard InChI is InChI=1S/C22H18S2/c1-15-3-13-21(23-15)19-9-5-17(6-10-19)18-7-11-20(12-8-18)22-14-4-16(2)24-22/h3-14H,1-2H3. The maximum Gasteiger partial charge on any atom is 0.0345 e. The summed E-state index contributed by atoms with van der Waals surface area (Å²) in [4.78, 5) is 5.38. The minimum atomic E-state index is 1.26. The van der Waals surface area contributed by atoms with Crippen molar-refractivity contribution in [2.45, 2.75) is 13.8 Å². The first-order valence-electron chi connectivity index (χ1n) is 8.03. The average molecular weight is 347 g/mol. The Bertz CT molecular complexity index is 872. The molecule has 0 aliphatic heterocycles. The van der Waals surface area contributed by atoms with Crippen molar-refractivity contribution in [1.82, 2.24) is 0 Å². The van der Waals surface area contributed by atoms with Crippen LogP contribution >= 0.6 is 22.7 Å². The van der Waals surface area contributed by atoms with Gasteiger partial charge < -0.3 is 0 Å². The Morgan fingerprint density at radius 3 is 1.04 bits per heavy atom. The van der Waals surface area contributed by atoms with Gasteiger partial charge in [0.25, 0.3) is 0 Å². The fourth-order valence-electron chi connectivity index (χ4n) is 2.83. The van der Waals surface area contributed by atoms with Crippen molar-refractivity contribution in [2.75, 3.05) is 0 Å². The number of aryl methyl sites for hydroxylation is 2. The third kappa shape index (κ3) is 3.08. The molecule has 0 amide bonds. The number of benzene rings is 2. The van der Waals surface area contributed by atoms with Gasteiger partial charge in [-0.3, -0.25) is 0 Å². The van der Waals surface area contributed by atoms with Gasteiger partial charge in [-0.25, -0.2) is 0 Å². The van der Waals surface area contributed by atoms with Crippen LogP contribution in [0.1, 0.15) is 9.75 Å². The Labute approximate surface area is 151 Å². The fraction of sp³-hybridized carbons (Fsp3) is 0.0909. The Morgan fingerprint density at radius 1 is 0.417 bits per heavy atom. The summed E-state index contributed by atoms with van der Waals surface area (Å²) in [6.07, 6.45) is 0. The molecular formula is C22H18S2. The highest BCUT2D eigenvalue weighted by Crippen LogP contribution is 2.32. The summed E-state index contributed by atoms with van der Waals surface area (Å²) in [5.41, 5.74) is 5.12. The van der Waals surface area contributed by atoms with Crippen molar-refractivity contribution in [2.24, 2.45) is 0 Å². The summed E-state index contributed by atoms with van der Waals surface area (Å²) in [6, 6.07) is 26.5. The molecule has 0 bridgehead atoms. The van der Waals surface area contributed by atoms with Crippen molar-refractivity contribution >= 4 is 22.7 Å². The summed E-state index contributed by atoms with van der Waals surface area (Å²) in [5.74, 6) is 0. The molecule has 2 aromatic carbocycles. The summed E-state index contributed by atoms with van der Waals surface area (Å²) in [7, 11) is 0. The van der Waals surface area contributed by atoms with Gasteiger partial charge >= 0.3 is 0 Å². The van der Waals surface area contributed by atoms with Gasteiger partial charge in [0.2, 0.25) is 0 Å². The van der Waals surface area contributed by atoms with Gasteiger partial charge in [-0.2, -0.15) is 0 Å². The van der Waals surface area contributed by atoms with E-state index in [9.17, 15) is 0 Å². The molecule has 2 aromatic heterocycles. The van der Waals surface area contributed by atoms with E-state index in [0.717, 1.165) is 0 Å². The van der Waals surface area contributed by atoms with E-state index < -0.39 is 0 Å². The molecule has 0 unspecified atom stereocenters. The highest BCUT2D eigenvalue weighted by molar-refractivity contribution is 7.15. The highest BCUT2D eigenvalue weighted by atomic mass is 32.1. The van der Waals surface area contributed by atoms with Crippen molar-refractivity contribution in [1.29, 1.82) is 0 Å². The summed E-state index contributed by atoms with van der Waals surface area (Å²) >= 11 is 3.69. The summed E-state index contributed by atoms with van der Waals surface area (Å²) in [5, 5.41) is 0. The quantitative estimate of drug-likeness (QED) is 0.362. The number of thiophene rings is 2.